The number of β-lactam (4-membered cyclic amide) rings is 1. The van der Waals surface area contributed by atoms with Gasteiger partial charge in [0.15, 0.2) is 10.8 Å². The number of amides is 2. The Balaban J connectivity index is 1.51. The van der Waals surface area contributed by atoms with Crippen molar-refractivity contribution in [3.05, 3.63) is 28.4 Å². The number of nitrogens with one attached hydrogen (secondary N) is 1. The Hall–Kier alpha value is -4.10. The number of carbonyl (C=O) groups excluding carboxylic acids is 2. The predicted octanol–water partition coefficient (Wildman–Crippen LogP) is -1.07. The fourth-order valence-electron chi connectivity index (χ4n) is 3.88. The molecule has 2 aromatic rings. The van der Waals surface area contributed by atoms with Crippen LogP contribution in [0.4, 0.5) is 16.8 Å². The molecule has 19 heteroatoms. The van der Waals surface area contributed by atoms with E-state index >= 15 is 0 Å². The molecule has 0 radical (unpaired) electrons. The first-order chi connectivity index (χ1) is 19.0. The van der Waals surface area contributed by atoms with Crippen molar-refractivity contribution in [2.24, 2.45) is 5.16 Å². The number of thioether (sulfide) groups is 2. The number of hydrogen-bond donors (Lipinski definition) is 6. The molecule has 4 heterocycles. The van der Waals surface area contributed by atoms with Crippen LogP contribution in [-0.2, 0) is 30.6 Å². The minimum Gasteiger partial charge on any atom is -0.479 e. The summed E-state index contributed by atoms with van der Waals surface area (Å²) in [5, 5.41) is 26.2. The largest absolute Gasteiger partial charge is 0.479 e. The van der Waals surface area contributed by atoms with Gasteiger partial charge in [0.1, 0.15) is 22.8 Å². The number of aliphatic carboxylic acids is 2. The van der Waals surface area contributed by atoms with Gasteiger partial charge in [-0.15, -0.1) is 23.1 Å². The van der Waals surface area contributed by atoms with E-state index < -0.39 is 41.8 Å². The van der Waals surface area contributed by atoms with Crippen LogP contribution in [0.2, 0.25) is 0 Å². The molecule has 1 fully saturated rings. The topological polar surface area (TPSA) is 253 Å². The summed E-state index contributed by atoms with van der Waals surface area (Å²) in [5.41, 5.74) is 17.4. The number of nitrogen functional groups attached to an aromatic ring is 3. The lowest BCUT2D eigenvalue weighted by molar-refractivity contribution is -0.719. The molecule has 2 atom stereocenters. The number of carboxylic acids is 2. The monoisotopic (exact) mass is 610 g/mol. The molecule has 0 saturated carbocycles. The number of carboxylic acid groups (broad SMARTS) is 2. The molecule has 0 spiro atoms. The highest BCUT2D eigenvalue weighted by molar-refractivity contribution is 8.01. The second-order valence-electron chi connectivity index (χ2n) is 8.22. The molecule has 0 bridgehead atoms. The first-order valence-electron chi connectivity index (χ1n) is 11.4. The lowest BCUT2D eigenvalue weighted by Crippen LogP contribution is -2.71. The van der Waals surface area contributed by atoms with Gasteiger partial charge in [0.2, 0.25) is 18.2 Å². The van der Waals surface area contributed by atoms with Crippen molar-refractivity contribution in [2.45, 2.75) is 30.0 Å². The van der Waals surface area contributed by atoms with Crippen molar-refractivity contribution in [2.75, 3.05) is 35.3 Å². The van der Waals surface area contributed by atoms with Gasteiger partial charge in [-0.2, -0.15) is 0 Å². The summed E-state index contributed by atoms with van der Waals surface area (Å²) >= 11 is 3.54. The normalized spacial score (nSPS) is 18.7. The highest BCUT2D eigenvalue weighted by Crippen LogP contribution is 2.41. The van der Waals surface area contributed by atoms with Gasteiger partial charge in [-0.05, 0) is 24.3 Å². The van der Waals surface area contributed by atoms with E-state index in [1.54, 1.807) is 4.57 Å². The predicted molar refractivity (Wildman–Crippen MR) is 146 cm³/mol. The Labute approximate surface area is 238 Å². The molecule has 2 aliphatic rings. The summed E-state index contributed by atoms with van der Waals surface area (Å²) in [4.78, 5) is 63.2. The second-order valence-corrected chi connectivity index (χ2v) is 11.2. The van der Waals surface area contributed by atoms with Gasteiger partial charge in [-0.3, -0.25) is 14.5 Å². The smallest absolute Gasteiger partial charge is 0.352 e. The van der Waals surface area contributed by atoms with E-state index in [9.17, 15) is 24.3 Å². The minimum absolute atomic E-state index is 0.0239. The van der Waals surface area contributed by atoms with E-state index in [0.717, 1.165) is 16.2 Å². The standard InChI is InChI=1S/C21H23N9O7S3/c1-2-29-11(23)3-10(22)26-21(29)40-6-8-5-38-18-14(17(34)30(18)15(8)19(35)36)27-16(33)13(28-37-4-12(31)32)9-7-39-20(24)25-9/h3,7,14,18H,2,4-6H2,1H3,(H8,22,23,24,25,27,31,32,33,35,36)/p+1/b28-13-. The summed E-state index contributed by atoms with van der Waals surface area (Å²) in [6.07, 6.45) is 0. The van der Waals surface area contributed by atoms with E-state index in [-0.39, 0.29) is 39.6 Å². The number of carbonyl (C=O) groups is 4. The van der Waals surface area contributed by atoms with E-state index in [0.29, 0.717) is 23.1 Å². The van der Waals surface area contributed by atoms with Crippen molar-refractivity contribution in [1.82, 2.24) is 20.2 Å². The van der Waals surface area contributed by atoms with Crippen molar-refractivity contribution in [1.29, 1.82) is 0 Å². The highest BCUT2D eigenvalue weighted by Gasteiger charge is 2.54. The summed E-state index contributed by atoms with van der Waals surface area (Å²) in [5.74, 6) is -2.99. The molecule has 2 amide bonds. The summed E-state index contributed by atoms with van der Waals surface area (Å²) < 4.78 is 1.73. The third-order valence-corrected chi connectivity index (χ3v) is 8.69. The molecular weight excluding hydrogens is 586 g/mol. The van der Waals surface area contributed by atoms with Crippen LogP contribution in [0.5, 0.6) is 0 Å². The van der Waals surface area contributed by atoms with Gasteiger partial charge in [-0.1, -0.05) is 10.1 Å². The molecule has 0 aromatic carbocycles. The number of thiazole rings is 1. The van der Waals surface area contributed by atoms with Crippen LogP contribution in [0.15, 0.2) is 33.0 Å². The Morgan fingerprint density at radius 1 is 1.30 bits per heavy atom. The first kappa shape index (κ1) is 28.9. The fourth-order valence-corrected chi connectivity index (χ4v) is 7.00. The van der Waals surface area contributed by atoms with E-state index in [1.165, 1.54) is 35.0 Å². The molecule has 16 nitrogen and oxygen atoms in total. The van der Waals surface area contributed by atoms with Gasteiger partial charge in [0, 0.05) is 16.9 Å². The maximum Gasteiger partial charge on any atom is 0.352 e. The van der Waals surface area contributed by atoms with Crippen LogP contribution in [-0.4, -0.2) is 84.1 Å². The number of hydrogen-bond acceptors (Lipinski definition) is 14. The van der Waals surface area contributed by atoms with Gasteiger partial charge < -0.3 is 37.6 Å². The number of nitrogens with zero attached hydrogens (tertiary/aromatic N) is 5. The van der Waals surface area contributed by atoms with Crippen LogP contribution in [0, 0.1) is 0 Å². The van der Waals surface area contributed by atoms with Crippen LogP contribution >= 0.6 is 34.9 Å². The Morgan fingerprint density at radius 2 is 2.05 bits per heavy atom. The zero-order chi connectivity index (χ0) is 29.1. The zero-order valence-electron chi connectivity index (χ0n) is 20.8. The zero-order valence-corrected chi connectivity index (χ0v) is 23.2. The molecule has 2 aromatic heterocycles. The molecule has 2 aliphatic heterocycles. The highest BCUT2D eigenvalue weighted by atomic mass is 32.2. The fraction of sp³-hybridized carbons (Fsp3) is 0.333. The number of anilines is 3. The van der Waals surface area contributed by atoms with E-state index in [2.05, 4.69) is 20.4 Å². The van der Waals surface area contributed by atoms with Crippen LogP contribution in [0.3, 0.4) is 0 Å². The molecule has 0 aliphatic carbocycles. The number of oxime groups is 1. The van der Waals surface area contributed by atoms with E-state index in [1.807, 2.05) is 6.92 Å². The number of fused-ring (bicyclic) bond motifs is 1. The minimum atomic E-state index is -1.31. The van der Waals surface area contributed by atoms with E-state index in [4.69, 9.17) is 27.1 Å². The number of rotatable bonds is 11. The average molecular weight is 611 g/mol. The van der Waals surface area contributed by atoms with Crippen molar-refractivity contribution < 1.29 is 38.8 Å². The van der Waals surface area contributed by atoms with Gasteiger partial charge >= 0.3 is 17.1 Å². The molecule has 212 valence electrons. The molecule has 40 heavy (non-hydrogen) atoms. The maximum atomic E-state index is 13.1. The van der Waals surface area contributed by atoms with Gasteiger partial charge in [0.25, 0.3) is 11.8 Å². The average Bonchev–Trinajstić information content (AvgIpc) is 3.32. The lowest BCUT2D eigenvalue weighted by atomic mass is 10.0. The van der Waals surface area contributed by atoms with Crippen LogP contribution in [0.25, 0.3) is 0 Å². The van der Waals surface area contributed by atoms with Crippen LogP contribution in [0.1, 0.15) is 12.6 Å². The molecule has 9 N–H and O–H groups in total. The molecule has 4 rings (SSSR count). The summed E-state index contributed by atoms with van der Waals surface area (Å²) in [7, 11) is 0. The Morgan fingerprint density at radius 3 is 2.67 bits per heavy atom. The SMILES string of the molecule is CC[n+]1c(N)cc(N)nc1SCC1=C(C(=O)O)N2C(=O)C(NC(=O)/C(=N\OCC(=O)O)c3csc(N)n3)C2SC1. The third-order valence-electron chi connectivity index (χ3n) is 5.61. The summed E-state index contributed by atoms with van der Waals surface area (Å²) in [6, 6.07) is 0.459. The van der Waals surface area contributed by atoms with Gasteiger partial charge in [0.05, 0.1) is 12.6 Å². The maximum absolute atomic E-state index is 13.1. The Bertz CT molecular complexity index is 1440. The number of aromatic nitrogens is 3. The second kappa shape index (κ2) is 12.0. The molecule has 1 saturated heterocycles. The van der Waals surface area contributed by atoms with Crippen LogP contribution < -0.4 is 27.1 Å². The Kier molecular flexibility index (Phi) is 8.64. The molecule has 2 unspecified atom stereocenters. The number of nitrogens with two attached hydrogens (primary N) is 3. The first-order valence-corrected chi connectivity index (χ1v) is 14.4. The van der Waals surface area contributed by atoms with Crippen molar-refractivity contribution >= 4 is 81.1 Å². The van der Waals surface area contributed by atoms with Gasteiger partial charge in [-0.25, -0.2) is 19.1 Å². The third kappa shape index (κ3) is 5.89. The summed E-state index contributed by atoms with van der Waals surface area (Å²) in [6.45, 7) is 1.59. The van der Waals surface area contributed by atoms with Crippen molar-refractivity contribution in [3.8, 4) is 0 Å². The quantitative estimate of drug-likeness (QED) is 0.0442. The van der Waals surface area contributed by atoms with Crippen molar-refractivity contribution in [3.63, 3.8) is 0 Å². The molecular formula is C21H24N9O7S3+. The lowest BCUT2D eigenvalue weighted by Gasteiger charge is -2.49.